The predicted molar refractivity (Wildman–Crippen MR) is 78.9 cm³/mol. The van der Waals surface area contributed by atoms with Crippen LogP contribution in [0.3, 0.4) is 0 Å². The van der Waals surface area contributed by atoms with E-state index in [9.17, 15) is 4.79 Å². The Balaban J connectivity index is 1.66. The number of ketones is 1. The fourth-order valence-electron chi connectivity index (χ4n) is 2.55. The number of fused-ring (bicyclic) bond motifs is 1. The van der Waals surface area contributed by atoms with E-state index in [0.29, 0.717) is 12.5 Å². The minimum Gasteiger partial charge on any atom is -0.375 e. The first-order valence-electron chi connectivity index (χ1n) is 7.04. The van der Waals surface area contributed by atoms with Crippen LogP contribution in [0.15, 0.2) is 36.5 Å². The summed E-state index contributed by atoms with van der Waals surface area (Å²) < 4.78 is 1.89. The minimum atomic E-state index is -0.114. The lowest BCUT2D eigenvalue weighted by Crippen LogP contribution is -2.28. The van der Waals surface area contributed by atoms with Gasteiger partial charge in [0.05, 0.1) is 18.2 Å². The Kier molecular flexibility index (Phi) is 3.30. The molecule has 0 amide bonds. The molecule has 20 heavy (non-hydrogen) atoms. The largest absolute Gasteiger partial charge is 0.375 e. The van der Waals surface area contributed by atoms with Gasteiger partial charge in [-0.1, -0.05) is 18.2 Å². The second kappa shape index (κ2) is 5.12. The van der Waals surface area contributed by atoms with Gasteiger partial charge in [-0.3, -0.25) is 9.48 Å². The van der Waals surface area contributed by atoms with Crippen LogP contribution in [0, 0.1) is 0 Å². The molecule has 0 aliphatic carbocycles. The van der Waals surface area contributed by atoms with Gasteiger partial charge in [0.2, 0.25) is 0 Å². The van der Waals surface area contributed by atoms with Gasteiger partial charge in [0.15, 0.2) is 5.78 Å². The fraction of sp³-hybridized carbons (Fsp3) is 0.375. The van der Waals surface area contributed by atoms with E-state index in [1.54, 1.807) is 0 Å². The molecule has 4 heteroatoms. The molecule has 0 spiro atoms. The molecule has 1 unspecified atom stereocenters. The third-order valence-electron chi connectivity index (χ3n) is 3.71. The molecule has 0 saturated heterocycles. The molecular weight excluding hydrogens is 250 g/mol. The minimum absolute atomic E-state index is 0.114. The van der Waals surface area contributed by atoms with E-state index < -0.39 is 0 Å². The van der Waals surface area contributed by atoms with Crippen molar-refractivity contribution in [2.45, 2.75) is 38.8 Å². The van der Waals surface area contributed by atoms with Crippen LogP contribution >= 0.6 is 0 Å². The van der Waals surface area contributed by atoms with Crippen molar-refractivity contribution in [1.29, 1.82) is 0 Å². The van der Waals surface area contributed by atoms with E-state index in [0.717, 1.165) is 17.8 Å². The number of nitrogens with zero attached hydrogens (tertiary/aromatic N) is 2. The average molecular weight is 269 g/mol. The van der Waals surface area contributed by atoms with Gasteiger partial charge in [0, 0.05) is 24.3 Å². The number of nitrogens with one attached hydrogen (secondary N) is 1. The lowest BCUT2D eigenvalue weighted by Gasteiger charge is -2.09. The average Bonchev–Trinajstić information content (AvgIpc) is 3.04. The van der Waals surface area contributed by atoms with E-state index in [1.165, 1.54) is 5.56 Å². The molecule has 1 aliphatic rings. The molecule has 1 atom stereocenters. The van der Waals surface area contributed by atoms with E-state index in [2.05, 4.69) is 30.3 Å². The highest BCUT2D eigenvalue weighted by Gasteiger charge is 2.26. The molecule has 0 radical (unpaired) electrons. The van der Waals surface area contributed by atoms with Gasteiger partial charge in [-0.25, -0.2) is 0 Å². The molecule has 2 heterocycles. The lowest BCUT2D eigenvalue weighted by molar-refractivity contribution is -0.119. The zero-order valence-electron chi connectivity index (χ0n) is 11.8. The van der Waals surface area contributed by atoms with Gasteiger partial charge in [0.25, 0.3) is 0 Å². The van der Waals surface area contributed by atoms with Crippen molar-refractivity contribution in [2.75, 3.05) is 5.32 Å². The molecule has 0 fully saturated rings. The number of hydrogen-bond donors (Lipinski definition) is 1. The van der Waals surface area contributed by atoms with Gasteiger partial charge in [0.1, 0.15) is 0 Å². The third kappa shape index (κ3) is 2.46. The SMILES string of the molecule is CC(C)n1ccc(CC(=O)C2Cc3ccccc3N2)n1. The smallest absolute Gasteiger partial charge is 0.161 e. The maximum Gasteiger partial charge on any atom is 0.161 e. The Hall–Kier alpha value is -2.10. The second-order valence-electron chi connectivity index (χ2n) is 5.58. The molecule has 1 aliphatic heterocycles. The zero-order chi connectivity index (χ0) is 14.1. The summed E-state index contributed by atoms with van der Waals surface area (Å²) in [6.45, 7) is 4.15. The van der Waals surface area contributed by atoms with E-state index in [4.69, 9.17) is 0 Å². The molecule has 0 saturated carbocycles. The van der Waals surface area contributed by atoms with Crippen molar-refractivity contribution in [3.63, 3.8) is 0 Å². The summed E-state index contributed by atoms with van der Waals surface area (Å²) in [5.74, 6) is 0.204. The van der Waals surface area contributed by atoms with Crippen molar-refractivity contribution in [1.82, 2.24) is 9.78 Å². The Labute approximate surface area is 118 Å². The van der Waals surface area contributed by atoms with Crippen LogP contribution in [0.1, 0.15) is 31.1 Å². The third-order valence-corrected chi connectivity index (χ3v) is 3.71. The van der Waals surface area contributed by atoms with Crippen molar-refractivity contribution in [3.8, 4) is 0 Å². The molecule has 3 rings (SSSR count). The van der Waals surface area contributed by atoms with E-state index in [1.807, 2.05) is 35.1 Å². The number of para-hydroxylation sites is 1. The van der Waals surface area contributed by atoms with Crippen molar-refractivity contribution in [2.24, 2.45) is 0 Å². The summed E-state index contributed by atoms with van der Waals surface area (Å²) in [6, 6.07) is 10.2. The maximum absolute atomic E-state index is 12.4. The van der Waals surface area contributed by atoms with Crippen LogP contribution in [0.5, 0.6) is 0 Å². The number of anilines is 1. The van der Waals surface area contributed by atoms with Gasteiger partial charge >= 0.3 is 0 Å². The van der Waals surface area contributed by atoms with Crippen LogP contribution in [0.25, 0.3) is 0 Å². The number of carbonyl (C=O) groups is 1. The zero-order valence-corrected chi connectivity index (χ0v) is 11.8. The Bertz CT molecular complexity index is 605. The highest BCUT2D eigenvalue weighted by atomic mass is 16.1. The lowest BCUT2D eigenvalue weighted by atomic mass is 10.0. The van der Waals surface area contributed by atoms with E-state index >= 15 is 0 Å². The summed E-state index contributed by atoms with van der Waals surface area (Å²) in [6.07, 6.45) is 3.11. The summed E-state index contributed by atoms with van der Waals surface area (Å²) >= 11 is 0. The standard InChI is InChI=1S/C16H19N3O/c1-11(2)19-8-7-13(18-19)10-16(20)15-9-12-5-3-4-6-14(12)17-15/h3-8,11,15,17H,9-10H2,1-2H3. The Morgan fingerprint density at radius 3 is 2.90 bits per heavy atom. The molecule has 2 aromatic rings. The number of Topliss-reactive ketones (excluding diaryl/α,β-unsaturated/α-hetero) is 1. The van der Waals surface area contributed by atoms with Crippen LogP contribution in [0.2, 0.25) is 0 Å². The fourth-order valence-corrected chi connectivity index (χ4v) is 2.55. The van der Waals surface area contributed by atoms with Crippen LogP contribution in [0.4, 0.5) is 5.69 Å². The molecule has 1 aromatic carbocycles. The molecule has 4 nitrogen and oxygen atoms in total. The predicted octanol–water partition coefficient (Wildman–Crippen LogP) is 2.61. The van der Waals surface area contributed by atoms with Gasteiger partial charge in [-0.05, 0) is 31.5 Å². The topological polar surface area (TPSA) is 46.9 Å². The Morgan fingerprint density at radius 2 is 2.20 bits per heavy atom. The van der Waals surface area contributed by atoms with Gasteiger partial charge in [-0.2, -0.15) is 5.10 Å². The normalized spacial score (nSPS) is 17.1. The number of rotatable bonds is 4. The number of aromatic nitrogens is 2. The summed E-state index contributed by atoms with van der Waals surface area (Å²) in [5, 5.41) is 7.74. The molecule has 1 N–H and O–H groups in total. The Morgan fingerprint density at radius 1 is 1.40 bits per heavy atom. The van der Waals surface area contributed by atoms with Crippen molar-refractivity contribution < 1.29 is 4.79 Å². The quantitative estimate of drug-likeness (QED) is 0.928. The molecule has 0 bridgehead atoms. The summed E-state index contributed by atoms with van der Waals surface area (Å²) in [7, 11) is 0. The number of benzene rings is 1. The maximum atomic E-state index is 12.4. The number of hydrogen-bond acceptors (Lipinski definition) is 3. The van der Waals surface area contributed by atoms with Crippen LogP contribution in [-0.2, 0) is 17.6 Å². The highest BCUT2D eigenvalue weighted by molar-refractivity contribution is 5.90. The van der Waals surface area contributed by atoms with E-state index in [-0.39, 0.29) is 11.8 Å². The number of carbonyl (C=O) groups excluding carboxylic acids is 1. The van der Waals surface area contributed by atoms with Crippen molar-refractivity contribution >= 4 is 11.5 Å². The van der Waals surface area contributed by atoms with Crippen molar-refractivity contribution in [3.05, 3.63) is 47.8 Å². The molecule has 1 aromatic heterocycles. The molecular formula is C16H19N3O. The second-order valence-corrected chi connectivity index (χ2v) is 5.58. The van der Waals surface area contributed by atoms with Gasteiger partial charge < -0.3 is 5.32 Å². The van der Waals surface area contributed by atoms with Crippen LogP contribution in [-0.4, -0.2) is 21.6 Å². The highest BCUT2D eigenvalue weighted by Crippen LogP contribution is 2.25. The monoisotopic (exact) mass is 269 g/mol. The summed E-state index contributed by atoms with van der Waals surface area (Å²) in [5.41, 5.74) is 3.15. The summed E-state index contributed by atoms with van der Waals surface area (Å²) in [4.78, 5) is 12.4. The van der Waals surface area contributed by atoms with Gasteiger partial charge in [-0.15, -0.1) is 0 Å². The first-order chi connectivity index (χ1) is 9.63. The molecule has 104 valence electrons. The first-order valence-corrected chi connectivity index (χ1v) is 7.04. The van der Waals surface area contributed by atoms with Crippen LogP contribution < -0.4 is 5.32 Å². The first kappa shape index (κ1) is 12.9.